The molecule has 0 aromatic heterocycles. The van der Waals surface area contributed by atoms with E-state index in [4.69, 9.17) is 5.73 Å². The van der Waals surface area contributed by atoms with Crippen molar-refractivity contribution in [2.45, 2.75) is 6.54 Å². The summed E-state index contributed by atoms with van der Waals surface area (Å²) in [6.07, 6.45) is 0. The zero-order valence-corrected chi connectivity index (χ0v) is 14.4. The summed E-state index contributed by atoms with van der Waals surface area (Å²) in [5.74, 6) is -0.177. The second-order valence-corrected chi connectivity index (χ2v) is 6.24. The van der Waals surface area contributed by atoms with Gasteiger partial charge in [-0.15, -0.1) is 0 Å². The molecule has 0 fully saturated rings. The summed E-state index contributed by atoms with van der Waals surface area (Å²) in [5.41, 5.74) is 8.84. The summed E-state index contributed by atoms with van der Waals surface area (Å²) in [6, 6.07) is 12.7. The lowest BCUT2D eigenvalue weighted by Crippen LogP contribution is -2.36. The van der Waals surface area contributed by atoms with E-state index < -0.39 is 5.91 Å². The summed E-state index contributed by atoms with van der Waals surface area (Å²) in [5, 5.41) is 5.12. The van der Waals surface area contributed by atoms with Crippen LogP contribution in [-0.4, -0.2) is 41.5 Å². The Kier molecular flexibility index (Phi) is 4.17. The number of nitrogens with zero attached hydrogens (tertiary/aromatic N) is 2. The molecular formula is C19H17N5O3. The van der Waals surface area contributed by atoms with Crippen LogP contribution in [0.5, 0.6) is 0 Å². The maximum atomic E-state index is 12.6. The predicted molar refractivity (Wildman–Crippen MR) is 99.6 cm³/mol. The number of amides is 3. The van der Waals surface area contributed by atoms with Crippen molar-refractivity contribution in [1.29, 1.82) is 0 Å². The number of nitrogens with one attached hydrogen (secondary N) is 2. The Morgan fingerprint density at radius 3 is 2.67 bits per heavy atom. The third kappa shape index (κ3) is 3.06. The highest BCUT2D eigenvalue weighted by Gasteiger charge is 2.36. The van der Waals surface area contributed by atoms with E-state index in [0.29, 0.717) is 23.6 Å². The molecule has 4 N–H and O–H groups in total. The molecule has 0 unspecified atom stereocenters. The van der Waals surface area contributed by atoms with Crippen molar-refractivity contribution >= 4 is 34.9 Å². The van der Waals surface area contributed by atoms with Crippen LogP contribution in [0.15, 0.2) is 47.5 Å². The average molecular weight is 363 g/mol. The minimum atomic E-state index is -0.399. The van der Waals surface area contributed by atoms with Gasteiger partial charge in [-0.05, 0) is 29.8 Å². The van der Waals surface area contributed by atoms with Gasteiger partial charge in [0.05, 0.1) is 30.9 Å². The van der Waals surface area contributed by atoms with Crippen LogP contribution in [0, 0.1) is 0 Å². The van der Waals surface area contributed by atoms with Gasteiger partial charge in [0.2, 0.25) is 11.8 Å². The second-order valence-electron chi connectivity index (χ2n) is 6.24. The lowest BCUT2D eigenvalue weighted by atomic mass is 10.1. The maximum absolute atomic E-state index is 12.6. The number of hydrogen-bond donors (Lipinski definition) is 3. The van der Waals surface area contributed by atoms with Crippen molar-refractivity contribution in [2.75, 3.05) is 18.4 Å². The van der Waals surface area contributed by atoms with Gasteiger partial charge in [-0.1, -0.05) is 18.2 Å². The van der Waals surface area contributed by atoms with E-state index in [2.05, 4.69) is 15.6 Å². The third-order valence-corrected chi connectivity index (χ3v) is 4.45. The van der Waals surface area contributed by atoms with Gasteiger partial charge in [-0.25, -0.2) is 4.99 Å². The van der Waals surface area contributed by atoms with E-state index in [0.717, 1.165) is 16.8 Å². The summed E-state index contributed by atoms with van der Waals surface area (Å²) in [4.78, 5) is 41.9. The Hall–Kier alpha value is -3.52. The van der Waals surface area contributed by atoms with Crippen LogP contribution in [0.3, 0.4) is 0 Å². The first-order chi connectivity index (χ1) is 13.1. The molecule has 3 amide bonds. The molecule has 2 heterocycles. The molecule has 4 rings (SSSR count). The van der Waals surface area contributed by atoms with Gasteiger partial charge in [0.1, 0.15) is 5.84 Å². The number of carbonyl (C=O) groups excluding carboxylic acids is 3. The molecule has 2 aromatic rings. The first-order valence-corrected chi connectivity index (χ1v) is 8.46. The Morgan fingerprint density at radius 2 is 1.89 bits per heavy atom. The van der Waals surface area contributed by atoms with Gasteiger partial charge in [-0.3, -0.25) is 19.3 Å². The van der Waals surface area contributed by atoms with Crippen molar-refractivity contribution in [3.63, 3.8) is 0 Å². The van der Waals surface area contributed by atoms with E-state index in [1.807, 2.05) is 18.2 Å². The van der Waals surface area contributed by atoms with Crippen LogP contribution < -0.4 is 16.4 Å². The third-order valence-electron chi connectivity index (χ3n) is 4.45. The largest absolute Gasteiger partial charge is 0.346 e. The minimum Gasteiger partial charge on any atom is -0.346 e. The topological polar surface area (TPSA) is 117 Å². The molecular weight excluding hydrogens is 346 g/mol. The summed E-state index contributed by atoms with van der Waals surface area (Å²) in [6.45, 7) is 0.0589. The molecule has 0 atom stereocenters. The number of anilines is 1. The van der Waals surface area contributed by atoms with Gasteiger partial charge in [0, 0.05) is 11.3 Å². The molecule has 2 aliphatic rings. The maximum Gasteiger partial charge on any atom is 0.260 e. The Morgan fingerprint density at radius 1 is 1.11 bits per heavy atom. The fourth-order valence-electron chi connectivity index (χ4n) is 3.16. The summed E-state index contributed by atoms with van der Waals surface area (Å²) >= 11 is 0. The molecule has 0 radical (unpaired) electrons. The van der Waals surface area contributed by atoms with E-state index in [1.165, 1.54) is 0 Å². The Balaban J connectivity index is 1.54. The van der Waals surface area contributed by atoms with Crippen molar-refractivity contribution in [3.05, 3.63) is 59.2 Å². The van der Waals surface area contributed by atoms with E-state index in [-0.39, 0.29) is 24.9 Å². The van der Waals surface area contributed by atoms with Crippen molar-refractivity contribution in [3.8, 4) is 0 Å². The summed E-state index contributed by atoms with van der Waals surface area (Å²) in [7, 11) is 0. The second kappa shape index (κ2) is 6.65. The van der Waals surface area contributed by atoms with Crippen molar-refractivity contribution in [1.82, 2.24) is 10.2 Å². The zero-order valence-electron chi connectivity index (χ0n) is 14.4. The van der Waals surface area contributed by atoms with E-state index in [1.54, 1.807) is 29.2 Å². The summed E-state index contributed by atoms with van der Waals surface area (Å²) < 4.78 is 0. The first kappa shape index (κ1) is 16.9. The lowest BCUT2D eigenvalue weighted by Gasteiger charge is -2.23. The lowest BCUT2D eigenvalue weighted by molar-refractivity contribution is -0.123. The number of aliphatic imine (C=N–C) groups is 1. The number of hydrogen-bond acceptors (Lipinski definition) is 5. The molecule has 27 heavy (non-hydrogen) atoms. The van der Waals surface area contributed by atoms with Crippen LogP contribution in [0.2, 0.25) is 0 Å². The molecule has 8 heteroatoms. The quantitative estimate of drug-likeness (QED) is 0.743. The molecule has 0 bridgehead atoms. The van der Waals surface area contributed by atoms with Gasteiger partial charge in [0.15, 0.2) is 0 Å². The smallest absolute Gasteiger partial charge is 0.260 e. The van der Waals surface area contributed by atoms with E-state index in [9.17, 15) is 14.4 Å². The Bertz CT molecular complexity index is 999. The molecule has 0 spiro atoms. The number of amidine groups is 1. The predicted octanol–water partition coefficient (Wildman–Crippen LogP) is 0.748. The van der Waals surface area contributed by atoms with Crippen molar-refractivity contribution < 1.29 is 14.4 Å². The minimum absolute atomic E-state index is 0.0751. The van der Waals surface area contributed by atoms with Gasteiger partial charge < -0.3 is 16.4 Å². The SMILES string of the molecule is NCC(=O)NCC(=O)Nc1ccc2c(c1)CN1C(=O)c3ccccc3C1=N2. The number of benzene rings is 2. The highest BCUT2D eigenvalue weighted by Crippen LogP contribution is 2.35. The van der Waals surface area contributed by atoms with Crippen LogP contribution in [0.4, 0.5) is 11.4 Å². The Labute approximate surface area is 155 Å². The molecule has 0 saturated carbocycles. The highest BCUT2D eigenvalue weighted by molar-refractivity contribution is 6.24. The van der Waals surface area contributed by atoms with E-state index >= 15 is 0 Å². The molecule has 136 valence electrons. The van der Waals surface area contributed by atoms with Gasteiger partial charge in [-0.2, -0.15) is 0 Å². The zero-order chi connectivity index (χ0) is 19.0. The molecule has 2 aromatic carbocycles. The van der Waals surface area contributed by atoms with Crippen molar-refractivity contribution in [2.24, 2.45) is 10.7 Å². The fraction of sp³-hybridized carbons (Fsp3) is 0.158. The number of nitrogens with two attached hydrogens (primary N) is 1. The molecule has 2 aliphatic heterocycles. The number of carbonyl (C=O) groups is 3. The molecule has 0 aliphatic carbocycles. The van der Waals surface area contributed by atoms with Gasteiger partial charge in [0.25, 0.3) is 5.91 Å². The molecule has 8 nitrogen and oxygen atoms in total. The van der Waals surface area contributed by atoms with Crippen LogP contribution >= 0.6 is 0 Å². The van der Waals surface area contributed by atoms with Gasteiger partial charge >= 0.3 is 0 Å². The standard InChI is InChI=1S/C19H17N5O3/c20-8-16(25)21-9-17(26)22-12-5-6-15-11(7-12)10-24-18(23-15)13-3-1-2-4-14(13)19(24)27/h1-7H,8-10,20H2,(H,21,25)(H,22,26). The van der Waals surface area contributed by atoms with Crippen LogP contribution in [0.1, 0.15) is 21.5 Å². The molecule has 0 saturated heterocycles. The first-order valence-electron chi connectivity index (χ1n) is 8.46. The number of fused-ring (bicyclic) bond motifs is 4. The van der Waals surface area contributed by atoms with Crippen LogP contribution in [-0.2, 0) is 16.1 Å². The monoisotopic (exact) mass is 363 g/mol. The fourth-order valence-corrected chi connectivity index (χ4v) is 3.16. The average Bonchev–Trinajstić information content (AvgIpc) is 2.96. The normalized spacial score (nSPS) is 14.0. The van der Waals surface area contributed by atoms with Crippen LogP contribution in [0.25, 0.3) is 0 Å². The highest BCUT2D eigenvalue weighted by atomic mass is 16.2. The number of rotatable bonds is 4.